The molecule has 1 aliphatic heterocycles. The number of nitrogens with one attached hydrogen (secondary N) is 1. The molecule has 3 rings (SSSR count). The highest BCUT2D eigenvalue weighted by atomic mass is 32.2. The maximum atomic E-state index is 12.8. The van der Waals surface area contributed by atoms with Gasteiger partial charge in [0.1, 0.15) is 11.5 Å². The SMILES string of the molecule is CCOc1ccc([C@H](C)NC(=O)[C@H]2CN(S(=O)(=O)CC)c3ccccc3O2)cc1. The molecule has 0 fully saturated rings. The van der Waals surface area contributed by atoms with E-state index in [1.807, 2.05) is 38.1 Å². The van der Waals surface area contributed by atoms with Crippen LogP contribution in [0.4, 0.5) is 5.69 Å². The Hall–Kier alpha value is -2.74. The molecule has 2 aromatic carbocycles. The summed E-state index contributed by atoms with van der Waals surface area (Å²) in [5, 5.41) is 2.91. The highest BCUT2D eigenvalue weighted by Crippen LogP contribution is 2.35. The second kappa shape index (κ2) is 8.73. The van der Waals surface area contributed by atoms with Crippen molar-refractivity contribution in [1.29, 1.82) is 0 Å². The number of anilines is 1. The molecule has 7 nitrogen and oxygen atoms in total. The van der Waals surface area contributed by atoms with Crippen molar-refractivity contribution in [3.05, 3.63) is 54.1 Å². The van der Waals surface area contributed by atoms with Gasteiger partial charge in [-0.3, -0.25) is 9.10 Å². The van der Waals surface area contributed by atoms with Crippen LogP contribution in [0.15, 0.2) is 48.5 Å². The van der Waals surface area contributed by atoms with Crippen LogP contribution in [0, 0.1) is 0 Å². The molecular weight excluding hydrogens is 392 g/mol. The smallest absolute Gasteiger partial charge is 0.263 e. The maximum absolute atomic E-state index is 12.8. The first-order chi connectivity index (χ1) is 13.9. The number of carbonyl (C=O) groups is 1. The summed E-state index contributed by atoms with van der Waals surface area (Å²) in [6, 6.07) is 14.1. The molecule has 0 spiro atoms. The topological polar surface area (TPSA) is 84.9 Å². The number of rotatable bonds is 7. The fourth-order valence-electron chi connectivity index (χ4n) is 3.17. The molecule has 2 atom stereocenters. The Labute approximate surface area is 171 Å². The van der Waals surface area contributed by atoms with Crippen LogP contribution < -0.4 is 19.1 Å². The first kappa shape index (κ1) is 21.0. The van der Waals surface area contributed by atoms with Crippen LogP contribution in [0.3, 0.4) is 0 Å². The van der Waals surface area contributed by atoms with Crippen LogP contribution in [-0.2, 0) is 14.8 Å². The van der Waals surface area contributed by atoms with E-state index in [1.165, 1.54) is 4.31 Å². The molecule has 0 unspecified atom stereocenters. The van der Waals surface area contributed by atoms with Gasteiger partial charge in [0.15, 0.2) is 6.10 Å². The summed E-state index contributed by atoms with van der Waals surface area (Å²) in [6.45, 7) is 5.89. The molecule has 0 saturated heterocycles. The van der Waals surface area contributed by atoms with Gasteiger partial charge in [-0.2, -0.15) is 0 Å². The number of fused-ring (bicyclic) bond motifs is 1. The van der Waals surface area contributed by atoms with Gasteiger partial charge in [-0.15, -0.1) is 0 Å². The van der Waals surface area contributed by atoms with Crippen molar-refractivity contribution in [2.24, 2.45) is 0 Å². The lowest BCUT2D eigenvalue weighted by atomic mass is 10.1. The number of hydrogen-bond acceptors (Lipinski definition) is 5. The molecule has 0 bridgehead atoms. The van der Waals surface area contributed by atoms with Gasteiger partial charge in [0.25, 0.3) is 5.91 Å². The predicted octanol–water partition coefficient (Wildman–Crippen LogP) is 2.88. The minimum atomic E-state index is -3.53. The molecule has 2 aromatic rings. The van der Waals surface area contributed by atoms with E-state index in [0.717, 1.165) is 11.3 Å². The van der Waals surface area contributed by atoms with E-state index in [0.29, 0.717) is 18.0 Å². The van der Waals surface area contributed by atoms with Crippen molar-refractivity contribution in [1.82, 2.24) is 5.32 Å². The average molecular weight is 419 g/mol. The molecule has 29 heavy (non-hydrogen) atoms. The van der Waals surface area contributed by atoms with Gasteiger partial charge in [-0.05, 0) is 50.6 Å². The predicted molar refractivity (Wildman–Crippen MR) is 112 cm³/mol. The van der Waals surface area contributed by atoms with E-state index in [2.05, 4.69) is 5.32 Å². The number of hydrogen-bond donors (Lipinski definition) is 1. The van der Waals surface area contributed by atoms with Crippen molar-refractivity contribution < 1.29 is 22.7 Å². The third-order valence-electron chi connectivity index (χ3n) is 4.78. The molecule has 0 aromatic heterocycles. The Morgan fingerprint density at radius 3 is 2.55 bits per heavy atom. The Bertz CT molecular complexity index is 959. The lowest BCUT2D eigenvalue weighted by molar-refractivity contribution is -0.128. The fourth-order valence-corrected chi connectivity index (χ4v) is 4.29. The fraction of sp³-hybridized carbons (Fsp3) is 0.381. The second-order valence-electron chi connectivity index (χ2n) is 6.74. The molecule has 0 saturated carbocycles. The first-order valence-corrected chi connectivity index (χ1v) is 11.3. The molecule has 156 valence electrons. The number of sulfonamides is 1. The van der Waals surface area contributed by atoms with Crippen molar-refractivity contribution >= 4 is 21.6 Å². The van der Waals surface area contributed by atoms with E-state index < -0.39 is 16.1 Å². The summed E-state index contributed by atoms with van der Waals surface area (Å²) in [6.07, 6.45) is -0.934. The molecule has 8 heteroatoms. The molecule has 1 amide bonds. The Balaban J connectivity index is 1.75. The zero-order valence-corrected chi connectivity index (χ0v) is 17.6. The zero-order valence-electron chi connectivity index (χ0n) is 16.8. The molecular formula is C21H26N2O5S. The Morgan fingerprint density at radius 2 is 1.90 bits per heavy atom. The van der Waals surface area contributed by atoms with E-state index >= 15 is 0 Å². The van der Waals surface area contributed by atoms with Gasteiger partial charge < -0.3 is 14.8 Å². The van der Waals surface area contributed by atoms with E-state index in [4.69, 9.17) is 9.47 Å². The number of amides is 1. The summed E-state index contributed by atoms with van der Waals surface area (Å²) in [5.74, 6) is 0.724. The maximum Gasteiger partial charge on any atom is 0.263 e. The van der Waals surface area contributed by atoms with Gasteiger partial charge in [0.05, 0.1) is 30.6 Å². The van der Waals surface area contributed by atoms with Crippen LogP contribution in [0.5, 0.6) is 11.5 Å². The number of para-hydroxylation sites is 2. The first-order valence-electron chi connectivity index (χ1n) is 9.65. The average Bonchev–Trinajstić information content (AvgIpc) is 2.73. The lowest BCUT2D eigenvalue weighted by Crippen LogP contribution is -2.51. The summed E-state index contributed by atoms with van der Waals surface area (Å²) in [7, 11) is -3.53. The highest BCUT2D eigenvalue weighted by Gasteiger charge is 2.36. The Morgan fingerprint density at radius 1 is 1.21 bits per heavy atom. The lowest BCUT2D eigenvalue weighted by Gasteiger charge is -2.35. The summed E-state index contributed by atoms with van der Waals surface area (Å²) in [5.41, 5.74) is 1.37. The minimum absolute atomic E-state index is 0.0573. The van der Waals surface area contributed by atoms with Crippen LogP contribution in [0.1, 0.15) is 32.4 Å². The standard InChI is InChI=1S/C21H26N2O5S/c1-4-27-17-12-10-16(11-13-17)15(3)22-21(24)20-14-23(29(25,26)5-2)18-8-6-7-9-19(18)28-20/h6-13,15,20H,4-5,14H2,1-3H3,(H,22,24)/t15-,20+/m0/s1. The van der Waals surface area contributed by atoms with E-state index in [-0.39, 0.29) is 24.2 Å². The third kappa shape index (κ3) is 4.64. The Kier molecular flexibility index (Phi) is 6.32. The van der Waals surface area contributed by atoms with Crippen LogP contribution in [-0.4, -0.2) is 39.3 Å². The molecule has 0 radical (unpaired) electrons. The molecule has 0 aliphatic carbocycles. The zero-order chi connectivity index (χ0) is 21.0. The van der Waals surface area contributed by atoms with E-state index in [1.54, 1.807) is 31.2 Å². The van der Waals surface area contributed by atoms with Gasteiger partial charge >= 0.3 is 0 Å². The monoisotopic (exact) mass is 418 g/mol. The number of ether oxygens (including phenoxy) is 2. The van der Waals surface area contributed by atoms with Crippen molar-refractivity contribution in [3.8, 4) is 11.5 Å². The normalized spacial score (nSPS) is 17.1. The van der Waals surface area contributed by atoms with Crippen molar-refractivity contribution in [2.75, 3.05) is 23.2 Å². The van der Waals surface area contributed by atoms with Gasteiger partial charge in [0, 0.05) is 0 Å². The van der Waals surface area contributed by atoms with Gasteiger partial charge in [0.2, 0.25) is 10.0 Å². The van der Waals surface area contributed by atoms with Crippen LogP contribution >= 0.6 is 0 Å². The minimum Gasteiger partial charge on any atom is -0.494 e. The third-order valence-corrected chi connectivity index (χ3v) is 6.52. The van der Waals surface area contributed by atoms with Gasteiger partial charge in [-0.1, -0.05) is 24.3 Å². The number of carbonyl (C=O) groups excluding carboxylic acids is 1. The van der Waals surface area contributed by atoms with Crippen LogP contribution in [0.25, 0.3) is 0 Å². The summed E-state index contributed by atoms with van der Waals surface area (Å²) in [4.78, 5) is 12.8. The molecule has 1 N–H and O–H groups in total. The quantitative estimate of drug-likeness (QED) is 0.747. The van der Waals surface area contributed by atoms with Gasteiger partial charge in [-0.25, -0.2) is 8.42 Å². The number of nitrogens with zero attached hydrogens (tertiary/aromatic N) is 1. The highest BCUT2D eigenvalue weighted by molar-refractivity contribution is 7.92. The van der Waals surface area contributed by atoms with Crippen LogP contribution in [0.2, 0.25) is 0 Å². The van der Waals surface area contributed by atoms with Crippen molar-refractivity contribution in [3.63, 3.8) is 0 Å². The van der Waals surface area contributed by atoms with Crippen molar-refractivity contribution in [2.45, 2.75) is 32.9 Å². The van der Waals surface area contributed by atoms with E-state index in [9.17, 15) is 13.2 Å². The summed E-state index contributed by atoms with van der Waals surface area (Å²) >= 11 is 0. The molecule has 1 heterocycles. The number of benzene rings is 2. The largest absolute Gasteiger partial charge is 0.494 e. The second-order valence-corrected chi connectivity index (χ2v) is 8.92. The molecule has 1 aliphatic rings. The summed E-state index contributed by atoms with van der Waals surface area (Å²) < 4.78 is 37.6.